The highest BCUT2D eigenvalue weighted by Gasteiger charge is 2.26. The normalized spacial score (nSPS) is 33.7. The SMILES string of the molecule is C/C=C(/C)C1C/C=C(\C)C(O)C(O)C(=O)C/C=C(/C)C(=O)O1. The predicted octanol–water partition coefficient (Wildman–Crippen LogP) is 1.84. The summed E-state index contributed by atoms with van der Waals surface area (Å²) in [5.74, 6) is -1.02. The zero-order valence-corrected chi connectivity index (χ0v) is 13.5. The average molecular weight is 308 g/mol. The number of allylic oxidation sites excluding steroid dienone is 2. The highest BCUT2D eigenvalue weighted by atomic mass is 16.5. The Kier molecular flexibility index (Phi) is 6.71. The minimum Gasteiger partial charge on any atom is -0.454 e. The monoisotopic (exact) mass is 308 g/mol. The molecule has 0 aliphatic carbocycles. The second-order valence-corrected chi connectivity index (χ2v) is 5.56. The van der Waals surface area contributed by atoms with Crippen molar-refractivity contribution in [3.63, 3.8) is 0 Å². The topological polar surface area (TPSA) is 83.8 Å². The smallest absolute Gasteiger partial charge is 0.334 e. The quantitative estimate of drug-likeness (QED) is 0.570. The van der Waals surface area contributed by atoms with E-state index >= 15 is 0 Å². The summed E-state index contributed by atoms with van der Waals surface area (Å²) < 4.78 is 5.46. The molecule has 1 aliphatic rings. The first kappa shape index (κ1) is 18.3. The Balaban J connectivity index is 3.15. The minimum absolute atomic E-state index is 0.125. The summed E-state index contributed by atoms with van der Waals surface area (Å²) in [6.45, 7) is 6.92. The van der Waals surface area contributed by atoms with Crippen molar-refractivity contribution in [2.75, 3.05) is 0 Å². The van der Waals surface area contributed by atoms with Crippen molar-refractivity contribution >= 4 is 11.8 Å². The van der Waals surface area contributed by atoms with Crippen molar-refractivity contribution < 1.29 is 24.5 Å². The molecule has 1 aliphatic heterocycles. The lowest BCUT2D eigenvalue weighted by Gasteiger charge is -2.21. The fourth-order valence-corrected chi connectivity index (χ4v) is 2.03. The molecule has 0 saturated heterocycles. The van der Waals surface area contributed by atoms with Gasteiger partial charge in [-0.05, 0) is 38.8 Å². The van der Waals surface area contributed by atoms with Gasteiger partial charge in [0.2, 0.25) is 0 Å². The van der Waals surface area contributed by atoms with Crippen LogP contribution >= 0.6 is 0 Å². The molecule has 3 atom stereocenters. The molecule has 0 spiro atoms. The fraction of sp³-hybridized carbons (Fsp3) is 0.529. The van der Waals surface area contributed by atoms with Crippen LogP contribution in [0.1, 0.15) is 40.5 Å². The van der Waals surface area contributed by atoms with Crippen molar-refractivity contribution in [3.8, 4) is 0 Å². The maximum Gasteiger partial charge on any atom is 0.334 e. The van der Waals surface area contributed by atoms with Gasteiger partial charge in [-0.3, -0.25) is 4.79 Å². The molecule has 0 radical (unpaired) electrons. The average Bonchev–Trinajstić information content (AvgIpc) is 2.52. The summed E-state index contributed by atoms with van der Waals surface area (Å²) >= 11 is 0. The number of carbonyl (C=O) groups excluding carboxylic acids is 2. The van der Waals surface area contributed by atoms with Crippen LogP contribution in [0.5, 0.6) is 0 Å². The third kappa shape index (κ3) is 4.64. The number of ketones is 1. The van der Waals surface area contributed by atoms with Crippen LogP contribution in [0.15, 0.2) is 34.9 Å². The highest BCUT2D eigenvalue weighted by Crippen LogP contribution is 2.18. The third-order valence-corrected chi connectivity index (χ3v) is 3.89. The summed E-state index contributed by atoms with van der Waals surface area (Å²) in [7, 11) is 0. The highest BCUT2D eigenvalue weighted by molar-refractivity contribution is 5.91. The molecule has 0 amide bonds. The molecular weight excluding hydrogens is 284 g/mol. The van der Waals surface area contributed by atoms with Gasteiger partial charge in [0.15, 0.2) is 5.78 Å². The largest absolute Gasteiger partial charge is 0.454 e. The molecule has 122 valence electrons. The maximum absolute atomic E-state index is 12.0. The molecule has 0 bridgehead atoms. The van der Waals surface area contributed by atoms with E-state index in [-0.39, 0.29) is 6.42 Å². The van der Waals surface area contributed by atoms with Crippen molar-refractivity contribution in [1.82, 2.24) is 0 Å². The van der Waals surface area contributed by atoms with E-state index < -0.39 is 30.1 Å². The van der Waals surface area contributed by atoms with Crippen LogP contribution in [0.3, 0.4) is 0 Å². The predicted molar refractivity (Wildman–Crippen MR) is 83.1 cm³/mol. The molecule has 0 saturated carbocycles. The van der Waals surface area contributed by atoms with E-state index in [0.717, 1.165) is 5.57 Å². The number of aliphatic hydroxyl groups is 2. The molecule has 1 heterocycles. The van der Waals surface area contributed by atoms with Gasteiger partial charge in [0.05, 0.1) is 0 Å². The molecule has 22 heavy (non-hydrogen) atoms. The standard InChI is InChI=1S/C17H24O5/c1-5-10(2)14-9-7-11(3)15(19)16(20)13(18)8-6-12(4)17(21)22-14/h5-7,14-16,19-20H,8-9H2,1-4H3/b10-5-,11-7+,12-6-. The van der Waals surface area contributed by atoms with E-state index in [2.05, 4.69) is 0 Å². The van der Waals surface area contributed by atoms with Crippen LogP contribution in [0.25, 0.3) is 0 Å². The summed E-state index contributed by atoms with van der Waals surface area (Å²) in [5.41, 5.74) is 1.69. The maximum atomic E-state index is 12.0. The van der Waals surface area contributed by atoms with Gasteiger partial charge in [0.25, 0.3) is 0 Å². The lowest BCUT2D eigenvalue weighted by atomic mass is 9.97. The lowest BCUT2D eigenvalue weighted by molar-refractivity contribution is -0.142. The molecule has 5 nitrogen and oxygen atoms in total. The van der Waals surface area contributed by atoms with Crippen molar-refractivity contribution in [2.24, 2.45) is 0 Å². The number of carbonyl (C=O) groups is 2. The van der Waals surface area contributed by atoms with E-state index in [4.69, 9.17) is 4.74 Å². The first-order chi connectivity index (χ1) is 10.3. The number of rotatable bonds is 1. The van der Waals surface area contributed by atoms with E-state index in [1.165, 1.54) is 6.08 Å². The number of ether oxygens (including phenoxy) is 1. The van der Waals surface area contributed by atoms with Gasteiger partial charge >= 0.3 is 5.97 Å². The van der Waals surface area contributed by atoms with Gasteiger partial charge in [-0.15, -0.1) is 0 Å². The Morgan fingerprint density at radius 3 is 2.45 bits per heavy atom. The number of aliphatic hydroxyl groups excluding tert-OH is 2. The molecule has 5 heteroatoms. The van der Waals surface area contributed by atoms with Gasteiger partial charge in [-0.25, -0.2) is 4.79 Å². The molecule has 0 aromatic rings. The molecule has 2 N–H and O–H groups in total. The Labute approximate surface area is 131 Å². The Morgan fingerprint density at radius 1 is 1.23 bits per heavy atom. The summed E-state index contributed by atoms with van der Waals surface area (Å²) in [6.07, 6.45) is 2.05. The van der Waals surface area contributed by atoms with Crippen LogP contribution in [-0.2, 0) is 14.3 Å². The van der Waals surface area contributed by atoms with Gasteiger partial charge in [-0.1, -0.05) is 18.2 Å². The fourth-order valence-electron chi connectivity index (χ4n) is 2.03. The van der Waals surface area contributed by atoms with Gasteiger partial charge in [0.1, 0.15) is 18.3 Å². The first-order valence-electron chi connectivity index (χ1n) is 7.34. The Bertz CT molecular complexity index is 527. The first-order valence-corrected chi connectivity index (χ1v) is 7.34. The molecule has 0 aromatic heterocycles. The molecule has 3 unspecified atom stereocenters. The number of Topliss-reactive ketones (excluding diaryl/α,β-unsaturated/α-hetero) is 1. The summed E-state index contributed by atoms with van der Waals surface area (Å²) in [5, 5.41) is 19.9. The zero-order chi connectivity index (χ0) is 16.9. The Morgan fingerprint density at radius 2 is 1.86 bits per heavy atom. The third-order valence-electron chi connectivity index (χ3n) is 3.89. The summed E-state index contributed by atoms with van der Waals surface area (Å²) in [6, 6.07) is 0. The van der Waals surface area contributed by atoms with Crippen LogP contribution in [-0.4, -0.2) is 40.3 Å². The lowest BCUT2D eigenvalue weighted by Crippen LogP contribution is -2.35. The van der Waals surface area contributed by atoms with Crippen molar-refractivity contribution in [3.05, 3.63) is 34.9 Å². The molecule has 1 rings (SSSR count). The van der Waals surface area contributed by atoms with Crippen LogP contribution in [0.4, 0.5) is 0 Å². The molecular formula is C17H24O5. The van der Waals surface area contributed by atoms with Gasteiger partial charge < -0.3 is 14.9 Å². The number of cyclic esters (lactones) is 1. The van der Waals surface area contributed by atoms with E-state index in [1.54, 1.807) is 19.9 Å². The molecule has 0 aromatic carbocycles. The van der Waals surface area contributed by atoms with E-state index in [0.29, 0.717) is 17.6 Å². The van der Waals surface area contributed by atoms with Gasteiger partial charge in [0, 0.05) is 18.4 Å². The molecule has 0 fully saturated rings. The summed E-state index contributed by atoms with van der Waals surface area (Å²) in [4.78, 5) is 23.8. The van der Waals surface area contributed by atoms with Crippen LogP contribution in [0.2, 0.25) is 0 Å². The second-order valence-electron chi connectivity index (χ2n) is 5.56. The van der Waals surface area contributed by atoms with Crippen molar-refractivity contribution in [1.29, 1.82) is 0 Å². The zero-order valence-electron chi connectivity index (χ0n) is 13.5. The second kappa shape index (κ2) is 8.06. The van der Waals surface area contributed by atoms with Crippen molar-refractivity contribution in [2.45, 2.75) is 58.8 Å². The van der Waals surface area contributed by atoms with Crippen LogP contribution in [0, 0.1) is 0 Å². The number of hydrogen-bond donors (Lipinski definition) is 2. The van der Waals surface area contributed by atoms with E-state index in [1.807, 2.05) is 19.9 Å². The van der Waals surface area contributed by atoms with Gasteiger partial charge in [-0.2, -0.15) is 0 Å². The Hall–Kier alpha value is -1.72. The number of hydrogen-bond acceptors (Lipinski definition) is 5. The number of esters is 1. The minimum atomic E-state index is -1.49. The van der Waals surface area contributed by atoms with E-state index in [9.17, 15) is 19.8 Å². The van der Waals surface area contributed by atoms with Crippen LogP contribution < -0.4 is 0 Å².